The molecule has 0 amide bonds. The van der Waals surface area contributed by atoms with E-state index in [-0.39, 0.29) is 16.4 Å². The fourth-order valence-electron chi connectivity index (χ4n) is 2.36. The number of methoxy groups -OCH3 is 1. The number of aromatic hydroxyl groups is 1. The molecule has 3 aromatic carbocycles. The molecule has 0 saturated carbocycles. The van der Waals surface area contributed by atoms with Crippen LogP contribution < -0.4 is 9.57 Å². The predicted molar refractivity (Wildman–Crippen MR) is 96.5 cm³/mol. The van der Waals surface area contributed by atoms with Crippen LogP contribution in [-0.2, 0) is 10.0 Å². The number of nitrogens with one attached hydrogen (secondary N) is 1. The topological polar surface area (TPSA) is 88.0 Å². The summed E-state index contributed by atoms with van der Waals surface area (Å²) in [6, 6.07) is 17.2. The van der Waals surface area contributed by atoms with Gasteiger partial charge >= 0.3 is 0 Å². The van der Waals surface area contributed by atoms with Crippen molar-refractivity contribution >= 4 is 27.0 Å². The van der Waals surface area contributed by atoms with Crippen LogP contribution in [-0.4, -0.2) is 26.8 Å². The smallest absolute Gasteiger partial charge is 0.276 e. The Kier molecular flexibility index (Phi) is 4.58. The number of ether oxygens (including phenoxy) is 1. The Morgan fingerprint density at radius 2 is 1.80 bits per heavy atom. The number of nitrogens with zero attached hydrogens (tertiary/aromatic N) is 1. The maximum Gasteiger partial charge on any atom is 0.276 e. The number of phenols is 1. The molecule has 0 aromatic heterocycles. The van der Waals surface area contributed by atoms with E-state index >= 15 is 0 Å². The van der Waals surface area contributed by atoms with Gasteiger partial charge in [0.05, 0.1) is 18.2 Å². The van der Waals surface area contributed by atoms with Gasteiger partial charge < -0.3 is 9.84 Å². The van der Waals surface area contributed by atoms with Crippen LogP contribution in [0.1, 0.15) is 5.56 Å². The number of fused-ring (bicyclic) bond motifs is 1. The van der Waals surface area contributed by atoms with Crippen LogP contribution in [0.4, 0.5) is 0 Å². The molecule has 0 bridgehead atoms. The fraction of sp³-hybridized carbons (Fsp3) is 0.0556. The first-order valence-corrected chi connectivity index (χ1v) is 8.89. The lowest BCUT2D eigenvalue weighted by atomic mass is 10.1. The first-order valence-electron chi connectivity index (χ1n) is 7.41. The van der Waals surface area contributed by atoms with Gasteiger partial charge in [0, 0.05) is 5.56 Å². The first-order chi connectivity index (χ1) is 12.0. The zero-order valence-corrected chi connectivity index (χ0v) is 14.2. The Balaban J connectivity index is 1.83. The minimum absolute atomic E-state index is 0.109. The number of hydrogen-bond donors (Lipinski definition) is 2. The average molecular weight is 356 g/mol. The highest BCUT2D eigenvalue weighted by atomic mass is 32.2. The number of benzene rings is 3. The number of rotatable bonds is 5. The van der Waals surface area contributed by atoms with Gasteiger partial charge in [-0.15, -0.1) is 0 Å². The zero-order chi connectivity index (χ0) is 17.9. The largest absolute Gasteiger partial charge is 0.504 e. The molecule has 25 heavy (non-hydrogen) atoms. The first kappa shape index (κ1) is 16.8. The van der Waals surface area contributed by atoms with Gasteiger partial charge in [0.15, 0.2) is 11.5 Å². The Hall–Kier alpha value is -3.06. The zero-order valence-electron chi connectivity index (χ0n) is 13.4. The van der Waals surface area contributed by atoms with E-state index in [2.05, 4.69) is 9.93 Å². The van der Waals surface area contributed by atoms with Crippen LogP contribution >= 0.6 is 0 Å². The Morgan fingerprint density at radius 1 is 1.04 bits per heavy atom. The molecular weight excluding hydrogens is 340 g/mol. The molecule has 0 saturated heterocycles. The number of sulfonamides is 1. The van der Waals surface area contributed by atoms with E-state index < -0.39 is 10.0 Å². The number of para-hydroxylation sites is 1. The maximum absolute atomic E-state index is 12.4. The molecular formula is C18H16N2O4S. The number of phenolic OH excluding ortho intramolecular Hbond substituents is 1. The second-order valence-corrected chi connectivity index (χ2v) is 6.92. The minimum Gasteiger partial charge on any atom is -0.504 e. The molecule has 0 unspecified atom stereocenters. The molecule has 2 N–H and O–H groups in total. The Labute approximate surface area is 145 Å². The van der Waals surface area contributed by atoms with Gasteiger partial charge in [-0.25, -0.2) is 4.83 Å². The second kappa shape index (κ2) is 6.82. The van der Waals surface area contributed by atoms with Gasteiger partial charge in [-0.2, -0.15) is 13.5 Å². The summed E-state index contributed by atoms with van der Waals surface area (Å²) in [7, 11) is -2.38. The molecule has 3 aromatic rings. The quantitative estimate of drug-likeness (QED) is 0.543. The third kappa shape index (κ3) is 3.56. The van der Waals surface area contributed by atoms with Crippen molar-refractivity contribution in [2.45, 2.75) is 4.90 Å². The monoisotopic (exact) mass is 356 g/mol. The van der Waals surface area contributed by atoms with Crippen LogP contribution in [0.5, 0.6) is 11.5 Å². The van der Waals surface area contributed by atoms with Gasteiger partial charge in [-0.3, -0.25) is 0 Å². The molecule has 128 valence electrons. The van der Waals surface area contributed by atoms with Crippen molar-refractivity contribution in [3.63, 3.8) is 0 Å². The van der Waals surface area contributed by atoms with Crippen LogP contribution in [0.3, 0.4) is 0 Å². The molecule has 0 aliphatic carbocycles. The van der Waals surface area contributed by atoms with Gasteiger partial charge in [-0.1, -0.05) is 36.4 Å². The molecule has 6 nitrogen and oxygen atoms in total. The third-order valence-electron chi connectivity index (χ3n) is 3.66. The standard InChI is InChI=1S/C18H16N2O4S/c1-24-17-8-4-7-15(18(17)21)12-19-20-25(22,23)16-10-9-13-5-2-3-6-14(13)11-16/h2-12,20-21H,1H3/b19-12-. The predicted octanol–water partition coefficient (Wildman–Crippen LogP) is 2.87. The van der Waals surface area contributed by atoms with Crippen molar-refractivity contribution in [3.8, 4) is 11.5 Å². The highest BCUT2D eigenvalue weighted by molar-refractivity contribution is 7.89. The molecule has 0 aliphatic rings. The maximum atomic E-state index is 12.4. The van der Waals surface area contributed by atoms with E-state index in [0.29, 0.717) is 5.56 Å². The summed E-state index contributed by atoms with van der Waals surface area (Å²) in [4.78, 5) is 2.25. The molecule has 0 heterocycles. The van der Waals surface area contributed by atoms with E-state index in [1.54, 1.807) is 30.3 Å². The van der Waals surface area contributed by atoms with Crippen molar-refractivity contribution in [1.29, 1.82) is 0 Å². The fourth-order valence-corrected chi connectivity index (χ4v) is 3.19. The highest BCUT2D eigenvalue weighted by Crippen LogP contribution is 2.28. The average Bonchev–Trinajstić information content (AvgIpc) is 2.62. The molecule has 0 atom stereocenters. The summed E-state index contributed by atoms with van der Waals surface area (Å²) in [5.41, 5.74) is 0.334. The number of hydrogen-bond acceptors (Lipinski definition) is 5. The molecule has 7 heteroatoms. The van der Waals surface area contributed by atoms with Crippen LogP contribution in [0.25, 0.3) is 10.8 Å². The summed E-state index contributed by atoms with van der Waals surface area (Å²) < 4.78 is 29.7. The molecule has 0 aliphatic heterocycles. The second-order valence-electron chi connectivity index (χ2n) is 5.26. The summed E-state index contributed by atoms with van der Waals surface area (Å²) in [6.45, 7) is 0. The van der Waals surface area contributed by atoms with E-state index in [1.807, 2.05) is 24.3 Å². The number of hydrazone groups is 1. The molecule has 3 rings (SSSR count). The normalized spacial score (nSPS) is 11.7. The SMILES string of the molecule is COc1cccc(/C=N\NS(=O)(=O)c2ccc3ccccc3c2)c1O. The van der Waals surface area contributed by atoms with Crippen molar-refractivity contribution in [2.24, 2.45) is 5.10 Å². The summed E-state index contributed by atoms with van der Waals surface area (Å²) in [6.07, 6.45) is 1.22. The van der Waals surface area contributed by atoms with E-state index in [1.165, 1.54) is 19.4 Å². The van der Waals surface area contributed by atoms with Gasteiger partial charge in [0.1, 0.15) is 0 Å². The lowest BCUT2D eigenvalue weighted by Crippen LogP contribution is -2.18. The van der Waals surface area contributed by atoms with Crippen LogP contribution in [0.2, 0.25) is 0 Å². The Morgan fingerprint density at radius 3 is 2.56 bits per heavy atom. The van der Waals surface area contributed by atoms with E-state index in [4.69, 9.17) is 4.74 Å². The van der Waals surface area contributed by atoms with Crippen molar-refractivity contribution < 1.29 is 18.3 Å². The van der Waals surface area contributed by atoms with Gasteiger partial charge in [0.2, 0.25) is 0 Å². The third-order valence-corrected chi connectivity index (χ3v) is 4.88. The molecule has 0 fully saturated rings. The van der Waals surface area contributed by atoms with Crippen LogP contribution in [0, 0.1) is 0 Å². The summed E-state index contributed by atoms with van der Waals surface area (Å²) >= 11 is 0. The minimum atomic E-state index is -3.81. The van der Waals surface area contributed by atoms with E-state index in [9.17, 15) is 13.5 Å². The van der Waals surface area contributed by atoms with Crippen molar-refractivity contribution in [2.75, 3.05) is 7.11 Å². The highest BCUT2D eigenvalue weighted by Gasteiger charge is 2.13. The lowest BCUT2D eigenvalue weighted by Gasteiger charge is -2.06. The summed E-state index contributed by atoms with van der Waals surface area (Å²) in [5, 5.41) is 15.5. The molecule has 0 spiro atoms. The van der Waals surface area contributed by atoms with Gasteiger partial charge in [0.25, 0.3) is 10.0 Å². The Bertz CT molecular complexity index is 1050. The van der Waals surface area contributed by atoms with Gasteiger partial charge in [-0.05, 0) is 35.0 Å². The van der Waals surface area contributed by atoms with E-state index in [0.717, 1.165) is 10.8 Å². The van der Waals surface area contributed by atoms with Crippen molar-refractivity contribution in [1.82, 2.24) is 4.83 Å². The lowest BCUT2D eigenvalue weighted by molar-refractivity contribution is 0.373. The van der Waals surface area contributed by atoms with Crippen molar-refractivity contribution in [3.05, 3.63) is 66.2 Å². The van der Waals surface area contributed by atoms with Crippen LogP contribution in [0.15, 0.2) is 70.7 Å². The molecule has 0 radical (unpaired) electrons. The summed E-state index contributed by atoms with van der Waals surface area (Å²) in [5.74, 6) is 0.167.